The molecule has 1 unspecified atom stereocenters. The molecule has 0 radical (unpaired) electrons. The summed E-state index contributed by atoms with van der Waals surface area (Å²) in [6, 6.07) is 6.18. The zero-order valence-electron chi connectivity index (χ0n) is 11.7. The number of carbonyl (C=O) groups is 1. The van der Waals surface area contributed by atoms with Crippen LogP contribution < -0.4 is 11.1 Å². The Hall–Kier alpha value is -2.13. The van der Waals surface area contributed by atoms with Crippen molar-refractivity contribution >= 4 is 17.3 Å². The smallest absolute Gasteiger partial charge is 0.238 e. The first kappa shape index (κ1) is 15.9. The molecule has 1 aromatic rings. The van der Waals surface area contributed by atoms with Gasteiger partial charge in [-0.3, -0.25) is 9.69 Å². The summed E-state index contributed by atoms with van der Waals surface area (Å²) in [5.41, 5.74) is 5.89. The van der Waals surface area contributed by atoms with Crippen molar-refractivity contribution in [3.05, 3.63) is 24.0 Å². The van der Waals surface area contributed by atoms with Crippen LogP contribution in [0, 0.1) is 23.1 Å². The lowest BCUT2D eigenvalue weighted by Gasteiger charge is -2.20. The number of rotatable bonds is 6. The lowest BCUT2D eigenvalue weighted by atomic mass is 10.2. The second-order valence-electron chi connectivity index (χ2n) is 4.64. The van der Waals surface area contributed by atoms with E-state index in [0.29, 0.717) is 18.8 Å². The number of benzene rings is 1. The van der Waals surface area contributed by atoms with E-state index in [1.54, 1.807) is 6.92 Å². The van der Waals surface area contributed by atoms with Crippen molar-refractivity contribution in [2.45, 2.75) is 13.8 Å². The molecule has 1 aromatic carbocycles. The molecule has 0 aliphatic carbocycles. The van der Waals surface area contributed by atoms with Gasteiger partial charge in [0, 0.05) is 12.2 Å². The second-order valence-corrected chi connectivity index (χ2v) is 4.64. The number of nitrogen functional groups attached to an aromatic ring is 1. The van der Waals surface area contributed by atoms with Gasteiger partial charge in [-0.25, -0.2) is 4.39 Å². The number of nitrogens with zero attached hydrogens (tertiary/aromatic N) is 2. The molecule has 0 heterocycles. The van der Waals surface area contributed by atoms with Gasteiger partial charge in [0.1, 0.15) is 5.82 Å². The summed E-state index contributed by atoms with van der Waals surface area (Å²) in [6.07, 6.45) is 0. The van der Waals surface area contributed by atoms with E-state index in [1.165, 1.54) is 18.2 Å². The van der Waals surface area contributed by atoms with Crippen LogP contribution >= 0.6 is 0 Å². The molecule has 0 saturated carbocycles. The Labute approximate surface area is 118 Å². The fourth-order valence-electron chi connectivity index (χ4n) is 1.76. The summed E-state index contributed by atoms with van der Waals surface area (Å²) < 4.78 is 13.0. The normalized spacial score (nSPS) is 11.9. The molecule has 0 fully saturated rings. The third kappa shape index (κ3) is 4.86. The van der Waals surface area contributed by atoms with E-state index in [9.17, 15) is 9.18 Å². The second kappa shape index (κ2) is 7.46. The van der Waals surface area contributed by atoms with E-state index < -0.39 is 5.82 Å². The van der Waals surface area contributed by atoms with Crippen molar-refractivity contribution in [2.75, 3.05) is 30.7 Å². The molecule has 0 aromatic heterocycles. The van der Waals surface area contributed by atoms with Crippen molar-refractivity contribution in [2.24, 2.45) is 5.92 Å². The molecule has 20 heavy (non-hydrogen) atoms. The maximum absolute atomic E-state index is 13.0. The summed E-state index contributed by atoms with van der Waals surface area (Å²) in [6.45, 7) is 5.12. The van der Waals surface area contributed by atoms with Crippen LogP contribution in [0.3, 0.4) is 0 Å². The standard InChI is InChI=1S/C14H19FN4O/c1-3-19(8-10(2)7-16)9-14(20)18-11-4-5-12(15)13(17)6-11/h4-6,10H,3,8-9,17H2,1-2H3,(H,18,20). The molecule has 1 rings (SSSR count). The summed E-state index contributed by atoms with van der Waals surface area (Å²) in [5.74, 6) is -0.867. The van der Waals surface area contributed by atoms with Gasteiger partial charge in [-0.05, 0) is 31.7 Å². The molecule has 3 N–H and O–H groups in total. The van der Waals surface area contributed by atoms with Gasteiger partial charge in [-0.1, -0.05) is 6.92 Å². The Kier molecular flexibility index (Phi) is 5.94. The van der Waals surface area contributed by atoms with Crippen LogP contribution in [0.2, 0.25) is 0 Å². The van der Waals surface area contributed by atoms with E-state index in [-0.39, 0.29) is 24.1 Å². The average molecular weight is 278 g/mol. The fraction of sp³-hybridized carbons (Fsp3) is 0.429. The predicted octanol–water partition coefficient (Wildman–Crippen LogP) is 1.83. The lowest BCUT2D eigenvalue weighted by molar-refractivity contribution is -0.117. The van der Waals surface area contributed by atoms with Crippen LogP contribution in [-0.4, -0.2) is 30.4 Å². The van der Waals surface area contributed by atoms with Crippen molar-refractivity contribution in [3.63, 3.8) is 0 Å². The number of carbonyl (C=O) groups excluding carboxylic acids is 1. The first-order valence-corrected chi connectivity index (χ1v) is 6.43. The number of nitriles is 1. The molecule has 5 nitrogen and oxygen atoms in total. The van der Waals surface area contributed by atoms with E-state index in [1.807, 2.05) is 11.8 Å². The van der Waals surface area contributed by atoms with Crippen LogP contribution in [0.1, 0.15) is 13.8 Å². The minimum atomic E-state index is -0.513. The van der Waals surface area contributed by atoms with Crippen molar-refractivity contribution in [1.82, 2.24) is 4.90 Å². The number of likely N-dealkylation sites (N-methyl/N-ethyl adjacent to an activating group) is 1. The Bertz CT molecular complexity index is 512. The Morgan fingerprint density at radius 1 is 1.60 bits per heavy atom. The van der Waals surface area contributed by atoms with Crippen molar-refractivity contribution < 1.29 is 9.18 Å². The number of hydrogen-bond donors (Lipinski definition) is 2. The van der Waals surface area contributed by atoms with Gasteiger partial charge in [0.2, 0.25) is 5.91 Å². The molecule has 6 heteroatoms. The van der Waals surface area contributed by atoms with Gasteiger partial charge < -0.3 is 11.1 Å². The lowest BCUT2D eigenvalue weighted by Crippen LogP contribution is -2.35. The number of nitrogens with one attached hydrogen (secondary N) is 1. The topological polar surface area (TPSA) is 82.2 Å². The van der Waals surface area contributed by atoms with Gasteiger partial charge in [-0.15, -0.1) is 0 Å². The quantitative estimate of drug-likeness (QED) is 0.778. The summed E-state index contributed by atoms with van der Waals surface area (Å²) in [7, 11) is 0. The van der Waals surface area contributed by atoms with E-state index in [0.717, 1.165) is 0 Å². The largest absolute Gasteiger partial charge is 0.396 e. The molecule has 1 atom stereocenters. The minimum absolute atomic E-state index is 0.00625. The average Bonchev–Trinajstić information content (AvgIpc) is 2.41. The van der Waals surface area contributed by atoms with Gasteiger partial charge in [0.05, 0.1) is 24.2 Å². The van der Waals surface area contributed by atoms with E-state index in [2.05, 4.69) is 11.4 Å². The molecule has 108 valence electrons. The number of amides is 1. The highest BCUT2D eigenvalue weighted by Gasteiger charge is 2.12. The maximum Gasteiger partial charge on any atom is 0.238 e. The molecular weight excluding hydrogens is 259 g/mol. The van der Waals surface area contributed by atoms with Crippen LogP contribution in [0.15, 0.2) is 18.2 Å². The number of halogens is 1. The first-order chi connectivity index (χ1) is 9.46. The summed E-state index contributed by atoms with van der Waals surface area (Å²) in [5, 5.41) is 11.4. The third-order valence-corrected chi connectivity index (χ3v) is 2.85. The van der Waals surface area contributed by atoms with Crippen molar-refractivity contribution in [3.8, 4) is 6.07 Å². The number of hydrogen-bond acceptors (Lipinski definition) is 4. The van der Waals surface area contributed by atoms with E-state index >= 15 is 0 Å². The maximum atomic E-state index is 13.0. The van der Waals surface area contributed by atoms with Crippen LogP contribution in [-0.2, 0) is 4.79 Å². The highest BCUT2D eigenvalue weighted by molar-refractivity contribution is 5.92. The molecular formula is C14H19FN4O. The Morgan fingerprint density at radius 2 is 2.30 bits per heavy atom. The zero-order chi connectivity index (χ0) is 15.1. The predicted molar refractivity (Wildman–Crippen MR) is 76.3 cm³/mol. The van der Waals surface area contributed by atoms with Crippen LogP contribution in [0.4, 0.5) is 15.8 Å². The number of nitrogens with two attached hydrogens (primary N) is 1. The number of anilines is 2. The zero-order valence-corrected chi connectivity index (χ0v) is 11.7. The summed E-state index contributed by atoms with van der Waals surface area (Å²) in [4.78, 5) is 13.7. The molecule has 0 aliphatic heterocycles. The minimum Gasteiger partial charge on any atom is -0.396 e. The van der Waals surface area contributed by atoms with Gasteiger partial charge in [-0.2, -0.15) is 5.26 Å². The van der Waals surface area contributed by atoms with Crippen LogP contribution in [0.25, 0.3) is 0 Å². The fourth-order valence-corrected chi connectivity index (χ4v) is 1.76. The highest BCUT2D eigenvalue weighted by atomic mass is 19.1. The van der Waals surface area contributed by atoms with Gasteiger partial charge >= 0.3 is 0 Å². The SMILES string of the molecule is CCN(CC(=O)Nc1ccc(F)c(N)c1)CC(C)C#N. The monoisotopic (exact) mass is 278 g/mol. The molecule has 0 spiro atoms. The summed E-state index contributed by atoms with van der Waals surface area (Å²) >= 11 is 0. The Balaban J connectivity index is 2.57. The van der Waals surface area contributed by atoms with E-state index in [4.69, 9.17) is 11.0 Å². The van der Waals surface area contributed by atoms with Crippen LogP contribution in [0.5, 0.6) is 0 Å². The first-order valence-electron chi connectivity index (χ1n) is 6.43. The third-order valence-electron chi connectivity index (χ3n) is 2.85. The Morgan fingerprint density at radius 3 is 2.85 bits per heavy atom. The van der Waals surface area contributed by atoms with Crippen molar-refractivity contribution in [1.29, 1.82) is 5.26 Å². The molecule has 1 amide bonds. The molecule has 0 bridgehead atoms. The highest BCUT2D eigenvalue weighted by Crippen LogP contribution is 2.16. The van der Waals surface area contributed by atoms with Gasteiger partial charge in [0.25, 0.3) is 0 Å². The van der Waals surface area contributed by atoms with Gasteiger partial charge in [0.15, 0.2) is 0 Å². The molecule has 0 saturated heterocycles. The molecule has 0 aliphatic rings.